The molecule has 0 saturated carbocycles. The molecule has 0 amide bonds. The van der Waals surface area contributed by atoms with Crippen LogP contribution in [0.5, 0.6) is 0 Å². The molecule has 3 N–H and O–H groups in total. The summed E-state index contributed by atoms with van der Waals surface area (Å²) in [6.45, 7) is 12.2. The Kier molecular flexibility index (Phi) is 4.63. The Balaban J connectivity index is 2.83. The highest BCUT2D eigenvalue weighted by molar-refractivity contribution is 6.74. The van der Waals surface area contributed by atoms with Crippen LogP contribution >= 0.6 is 0 Å². The van der Waals surface area contributed by atoms with Gasteiger partial charge in [0.05, 0.1) is 12.2 Å². The third kappa shape index (κ3) is 3.12. The first-order chi connectivity index (χ1) is 7.97. The van der Waals surface area contributed by atoms with Crippen LogP contribution in [0.1, 0.15) is 27.7 Å². The normalized spacial score (nSPS) is 38.8. The maximum atomic E-state index is 10.0. The minimum absolute atomic E-state index is 0.00740. The van der Waals surface area contributed by atoms with Crippen LogP contribution in [0.3, 0.4) is 0 Å². The minimum atomic E-state index is -2.06. The first kappa shape index (κ1) is 16.1. The van der Waals surface area contributed by atoms with Crippen molar-refractivity contribution in [2.24, 2.45) is 0 Å². The Morgan fingerprint density at radius 1 is 1.06 bits per heavy atom. The van der Waals surface area contributed by atoms with Crippen LogP contribution in [0, 0.1) is 0 Å². The Hall–Kier alpha value is 0.0169. The van der Waals surface area contributed by atoms with Gasteiger partial charge >= 0.3 is 0 Å². The highest BCUT2D eigenvalue weighted by Crippen LogP contribution is 2.39. The van der Waals surface area contributed by atoms with Crippen molar-refractivity contribution in [1.82, 2.24) is 0 Å². The van der Waals surface area contributed by atoms with E-state index in [1.54, 1.807) is 6.92 Å². The number of aliphatic hydroxyl groups excluding tert-OH is 3. The predicted molar refractivity (Wildman–Crippen MR) is 70.6 cm³/mol. The second kappa shape index (κ2) is 5.18. The number of hydrogen-bond donors (Lipinski definition) is 3. The second-order valence-corrected chi connectivity index (χ2v) is 11.3. The van der Waals surface area contributed by atoms with Crippen LogP contribution in [0.4, 0.5) is 0 Å². The van der Waals surface area contributed by atoms with Gasteiger partial charge in [-0.25, -0.2) is 0 Å². The average molecular weight is 278 g/mol. The van der Waals surface area contributed by atoms with Crippen molar-refractivity contribution in [1.29, 1.82) is 0 Å². The molecule has 0 bridgehead atoms. The van der Waals surface area contributed by atoms with Gasteiger partial charge in [0.1, 0.15) is 12.2 Å². The van der Waals surface area contributed by atoms with Gasteiger partial charge in [-0.1, -0.05) is 20.8 Å². The zero-order chi connectivity index (χ0) is 14.3. The molecule has 0 aromatic rings. The molecule has 108 valence electrons. The minimum Gasteiger partial charge on any atom is -0.409 e. The largest absolute Gasteiger partial charge is 0.409 e. The summed E-state index contributed by atoms with van der Waals surface area (Å²) in [5, 5.41) is 29.1. The lowest BCUT2D eigenvalue weighted by atomic mass is 10.0. The summed E-state index contributed by atoms with van der Waals surface area (Å²) in [5.41, 5.74) is 0. The van der Waals surface area contributed by atoms with Crippen LogP contribution < -0.4 is 0 Å². The number of hydrogen-bond acceptors (Lipinski definition) is 5. The molecule has 0 spiro atoms. The van der Waals surface area contributed by atoms with Crippen LogP contribution in [0.2, 0.25) is 18.1 Å². The van der Waals surface area contributed by atoms with Crippen molar-refractivity contribution in [3.63, 3.8) is 0 Å². The van der Waals surface area contributed by atoms with Crippen molar-refractivity contribution in [2.45, 2.75) is 76.5 Å². The molecule has 18 heavy (non-hydrogen) atoms. The lowest BCUT2D eigenvalue weighted by molar-refractivity contribution is -0.274. The van der Waals surface area contributed by atoms with Crippen LogP contribution in [0.25, 0.3) is 0 Å². The van der Waals surface area contributed by atoms with E-state index in [4.69, 9.17) is 9.16 Å². The fourth-order valence-electron chi connectivity index (χ4n) is 1.70. The van der Waals surface area contributed by atoms with Crippen molar-refractivity contribution >= 4 is 8.32 Å². The van der Waals surface area contributed by atoms with Crippen molar-refractivity contribution in [3.8, 4) is 0 Å². The SMILES string of the molecule is CC1OC(O)C(O)C(O)C1O[Si](C)(C)C(C)(C)C. The quantitative estimate of drug-likeness (QED) is 0.652. The molecule has 1 rings (SSSR count). The molecule has 1 heterocycles. The average Bonchev–Trinajstić information content (AvgIpc) is 2.20. The molecule has 1 aliphatic heterocycles. The van der Waals surface area contributed by atoms with Gasteiger partial charge in [0.15, 0.2) is 14.6 Å². The molecule has 5 unspecified atom stereocenters. The van der Waals surface area contributed by atoms with Crippen LogP contribution in [-0.2, 0) is 9.16 Å². The molecule has 5 nitrogen and oxygen atoms in total. The molecule has 1 saturated heterocycles. The summed E-state index contributed by atoms with van der Waals surface area (Å²) in [6.07, 6.45) is -4.86. The zero-order valence-electron chi connectivity index (χ0n) is 12.0. The van der Waals surface area contributed by atoms with E-state index in [1.165, 1.54) is 0 Å². The first-order valence-electron chi connectivity index (χ1n) is 6.35. The van der Waals surface area contributed by atoms with Gasteiger partial charge in [-0.15, -0.1) is 0 Å². The molecule has 0 aromatic heterocycles. The number of aliphatic hydroxyl groups is 3. The third-order valence-corrected chi connectivity index (χ3v) is 8.51. The molecular weight excluding hydrogens is 252 g/mol. The summed E-state index contributed by atoms with van der Waals surface area (Å²) >= 11 is 0. The van der Waals surface area contributed by atoms with E-state index in [-0.39, 0.29) is 5.04 Å². The van der Waals surface area contributed by atoms with Gasteiger partial charge in [-0.05, 0) is 25.1 Å². The fourth-order valence-corrected chi connectivity index (χ4v) is 3.07. The summed E-state index contributed by atoms with van der Waals surface area (Å²) in [4.78, 5) is 0. The highest BCUT2D eigenvalue weighted by atomic mass is 28.4. The molecular formula is C12H26O5Si. The second-order valence-electron chi connectivity index (χ2n) is 6.56. The van der Waals surface area contributed by atoms with Gasteiger partial charge in [-0.3, -0.25) is 0 Å². The molecule has 6 heteroatoms. The zero-order valence-corrected chi connectivity index (χ0v) is 13.0. The monoisotopic (exact) mass is 278 g/mol. The van der Waals surface area contributed by atoms with E-state index < -0.39 is 39.0 Å². The first-order valence-corrected chi connectivity index (χ1v) is 9.25. The lowest BCUT2D eigenvalue weighted by Gasteiger charge is -2.46. The predicted octanol–water partition coefficient (Wildman–Crippen LogP) is 0.836. The van der Waals surface area contributed by atoms with Crippen molar-refractivity contribution < 1.29 is 24.5 Å². The topological polar surface area (TPSA) is 79.2 Å². The summed E-state index contributed by atoms with van der Waals surface area (Å²) in [5.74, 6) is 0. The van der Waals surface area contributed by atoms with Gasteiger partial charge < -0.3 is 24.5 Å². The molecule has 1 aliphatic rings. The summed E-state index contributed by atoms with van der Waals surface area (Å²) in [7, 11) is -2.06. The molecule has 0 radical (unpaired) electrons. The summed E-state index contributed by atoms with van der Waals surface area (Å²) in [6, 6.07) is 0. The maximum absolute atomic E-state index is 10.0. The van der Waals surface area contributed by atoms with E-state index in [0.29, 0.717) is 0 Å². The Bertz CT molecular complexity index is 289. The van der Waals surface area contributed by atoms with E-state index >= 15 is 0 Å². The van der Waals surface area contributed by atoms with E-state index in [0.717, 1.165) is 0 Å². The van der Waals surface area contributed by atoms with Crippen LogP contribution in [0.15, 0.2) is 0 Å². The Morgan fingerprint density at radius 2 is 1.56 bits per heavy atom. The molecule has 1 fully saturated rings. The highest BCUT2D eigenvalue weighted by Gasteiger charge is 2.47. The number of rotatable bonds is 2. The van der Waals surface area contributed by atoms with Gasteiger partial charge in [0.25, 0.3) is 0 Å². The van der Waals surface area contributed by atoms with Crippen molar-refractivity contribution in [3.05, 3.63) is 0 Å². The lowest BCUT2D eigenvalue weighted by Crippen LogP contribution is -2.61. The maximum Gasteiger partial charge on any atom is 0.192 e. The van der Waals surface area contributed by atoms with E-state index in [1.807, 2.05) is 0 Å². The van der Waals surface area contributed by atoms with Crippen molar-refractivity contribution in [2.75, 3.05) is 0 Å². The van der Waals surface area contributed by atoms with Gasteiger partial charge in [-0.2, -0.15) is 0 Å². The molecule has 5 atom stereocenters. The Morgan fingerprint density at radius 3 is 2.00 bits per heavy atom. The number of ether oxygens (including phenoxy) is 1. The third-order valence-electron chi connectivity index (χ3n) is 4.03. The molecule has 0 aliphatic carbocycles. The summed E-state index contributed by atoms with van der Waals surface area (Å²) < 4.78 is 11.3. The smallest absolute Gasteiger partial charge is 0.192 e. The van der Waals surface area contributed by atoms with E-state index in [2.05, 4.69) is 33.9 Å². The van der Waals surface area contributed by atoms with Gasteiger partial charge in [0.2, 0.25) is 0 Å². The Labute approximate surface area is 110 Å². The van der Waals surface area contributed by atoms with Crippen LogP contribution in [-0.4, -0.2) is 54.3 Å². The fraction of sp³-hybridized carbons (Fsp3) is 1.00. The molecule has 0 aromatic carbocycles. The van der Waals surface area contributed by atoms with E-state index in [9.17, 15) is 15.3 Å². The standard InChI is InChI=1S/C12H26O5Si/c1-7-10(8(13)9(14)11(15)16-7)17-18(5,6)12(2,3)4/h7-11,13-15H,1-6H3. The van der Waals surface area contributed by atoms with Gasteiger partial charge in [0, 0.05) is 0 Å².